The summed E-state index contributed by atoms with van der Waals surface area (Å²) < 4.78 is 0. The van der Waals surface area contributed by atoms with E-state index in [2.05, 4.69) is 91.8 Å². The topological polar surface area (TPSA) is 24.7 Å². The summed E-state index contributed by atoms with van der Waals surface area (Å²) in [5.74, 6) is 1.77. The lowest BCUT2D eigenvalue weighted by atomic mass is 9.93. The fourth-order valence-electron chi connectivity index (χ4n) is 3.54. The Labute approximate surface area is 171 Å². The van der Waals surface area contributed by atoms with Crippen LogP contribution in [0.3, 0.4) is 0 Å². The Kier molecular flexibility index (Phi) is 7.74. The highest BCUT2D eigenvalue weighted by atomic mass is 14.8. The number of hydrogen-bond donors (Lipinski definition) is 0. The molecule has 28 heavy (non-hydrogen) atoms. The lowest BCUT2D eigenvalue weighted by molar-refractivity contribution is 0.834. The lowest BCUT2D eigenvalue weighted by Gasteiger charge is -2.16. The Hall–Kier alpha value is -2.22. The van der Waals surface area contributed by atoms with Crippen molar-refractivity contribution in [2.45, 2.75) is 79.1 Å². The van der Waals surface area contributed by atoms with Gasteiger partial charge in [0.05, 0.1) is 11.4 Å². The first-order valence-corrected chi connectivity index (χ1v) is 10.6. The number of hydrogen-bond acceptors (Lipinski definition) is 2. The molecule has 150 valence electrons. The van der Waals surface area contributed by atoms with Gasteiger partial charge >= 0.3 is 0 Å². The molecule has 0 fully saturated rings. The summed E-state index contributed by atoms with van der Waals surface area (Å²) in [5, 5.41) is 0. The summed E-state index contributed by atoms with van der Waals surface area (Å²) >= 11 is 0. The normalized spacial score (nSPS) is 12.6. The SMILES string of the molecule is CC(C)c1cccc(C(C)C)c1N=CC=Nc1c(C(C)C)cccc1C(C)C. The van der Waals surface area contributed by atoms with Crippen LogP contribution in [0.2, 0.25) is 0 Å². The van der Waals surface area contributed by atoms with Gasteiger partial charge in [-0.05, 0) is 45.9 Å². The first kappa shape index (κ1) is 22.1. The van der Waals surface area contributed by atoms with Gasteiger partial charge in [0.15, 0.2) is 0 Å². The molecule has 2 aromatic carbocycles. The highest BCUT2D eigenvalue weighted by Crippen LogP contribution is 2.35. The molecular weight excluding hydrogens is 340 g/mol. The largest absolute Gasteiger partial charge is 0.255 e. The van der Waals surface area contributed by atoms with Gasteiger partial charge < -0.3 is 0 Å². The van der Waals surface area contributed by atoms with Crippen molar-refractivity contribution < 1.29 is 0 Å². The van der Waals surface area contributed by atoms with Gasteiger partial charge in [-0.25, -0.2) is 0 Å². The Morgan fingerprint density at radius 3 is 0.964 bits per heavy atom. The van der Waals surface area contributed by atoms with Crippen LogP contribution in [0, 0.1) is 0 Å². The molecule has 0 saturated heterocycles. The Bertz CT molecular complexity index is 716. The van der Waals surface area contributed by atoms with Gasteiger partial charge in [-0.1, -0.05) is 91.8 Å². The molecule has 0 atom stereocenters. The second-order valence-corrected chi connectivity index (χ2v) is 8.75. The molecule has 0 aromatic heterocycles. The lowest BCUT2D eigenvalue weighted by Crippen LogP contribution is -1.96. The summed E-state index contributed by atoms with van der Waals surface area (Å²) in [6.45, 7) is 17.8. The molecule has 0 spiro atoms. The van der Waals surface area contributed by atoms with E-state index >= 15 is 0 Å². The van der Waals surface area contributed by atoms with Crippen LogP contribution in [-0.2, 0) is 0 Å². The van der Waals surface area contributed by atoms with E-state index in [1.807, 2.05) is 12.4 Å². The van der Waals surface area contributed by atoms with Crippen molar-refractivity contribution in [2.24, 2.45) is 9.98 Å². The van der Waals surface area contributed by atoms with Crippen molar-refractivity contribution in [1.82, 2.24) is 0 Å². The summed E-state index contributed by atoms with van der Waals surface area (Å²) in [5.41, 5.74) is 7.37. The zero-order chi connectivity index (χ0) is 20.8. The number of nitrogens with zero attached hydrogens (tertiary/aromatic N) is 2. The van der Waals surface area contributed by atoms with Crippen molar-refractivity contribution in [3.8, 4) is 0 Å². The van der Waals surface area contributed by atoms with Gasteiger partial charge in [-0.2, -0.15) is 0 Å². The van der Waals surface area contributed by atoms with E-state index in [1.54, 1.807) is 0 Å². The molecule has 0 amide bonds. The molecular formula is C26H36N2. The quantitative estimate of drug-likeness (QED) is 0.434. The Balaban J connectivity index is 2.43. The van der Waals surface area contributed by atoms with E-state index < -0.39 is 0 Å². The molecule has 0 saturated carbocycles. The second-order valence-electron chi connectivity index (χ2n) is 8.75. The van der Waals surface area contributed by atoms with Gasteiger partial charge in [0.1, 0.15) is 0 Å². The smallest absolute Gasteiger partial charge is 0.0699 e. The first-order valence-electron chi connectivity index (χ1n) is 10.6. The number of para-hydroxylation sites is 2. The number of benzene rings is 2. The van der Waals surface area contributed by atoms with E-state index in [4.69, 9.17) is 9.98 Å². The van der Waals surface area contributed by atoms with Crippen LogP contribution in [0.5, 0.6) is 0 Å². The fraction of sp³-hybridized carbons (Fsp3) is 0.462. The minimum absolute atomic E-state index is 0.442. The molecule has 0 unspecified atom stereocenters. The second kappa shape index (κ2) is 9.82. The summed E-state index contributed by atoms with van der Waals surface area (Å²) in [7, 11) is 0. The third kappa shape index (κ3) is 5.19. The monoisotopic (exact) mass is 376 g/mol. The molecule has 0 aliphatic heterocycles. The summed E-state index contributed by atoms with van der Waals surface area (Å²) in [6.07, 6.45) is 3.71. The third-order valence-electron chi connectivity index (χ3n) is 5.16. The Morgan fingerprint density at radius 1 is 0.500 bits per heavy atom. The molecule has 0 bridgehead atoms. The van der Waals surface area contributed by atoms with Crippen LogP contribution in [0.15, 0.2) is 46.4 Å². The molecule has 2 aromatic rings. The molecule has 0 aliphatic carbocycles. The zero-order valence-corrected chi connectivity index (χ0v) is 18.8. The molecule has 0 aliphatic rings. The average molecular weight is 377 g/mol. The molecule has 2 rings (SSSR count). The maximum atomic E-state index is 4.84. The zero-order valence-electron chi connectivity index (χ0n) is 18.8. The van der Waals surface area contributed by atoms with Gasteiger partial charge in [0.25, 0.3) is 0 Å². The van der Waals surface area contributed by atoms with Gasteiger partial charge in [-0.15, -0.1) is 0 Å². The van der Waals surface area contributed by atoms with Crippen LogP contribution in [0.1, 0.15) is 101 Å². The maximum Gasteiger partial charge on any atom is 0.0699 e. The predicted molar refractivity (Wildman–Crippen MR) is 126 cm³/mol. The average Bonchev–Trinajstić information content (AvgIpc) is 2.64. The van der Waals surface area contributed by atoms with Crippen LogP contribution in [0.4, 0.5) is 11.4 Å². The minimum atomic E-state index is 0.442. The van der Waals surface area contributed by atoms with E-state index in [1.165, 1.54) is 22.3 Å². The van der Waals surface area contributed by atoms with Crippen molar-refractivity contribution in [1.29, 1.82) is 0 Å². The van der Waals surface area contributed by atoms with E-state index in [-0.39, 0.29) is 0 Å². The summed E-state index contributed by atoms with van der Waals surface area (Å²) in [6, 6.07) is 13.0. The first-order chi connectivity index (χ1) is 13.2. The Morgan fingerprint density at radius 2 is 0.750 bits per heavy atom. The molecule has 0 radical (unpaired) electrons. The van der Waals surface area contributed by atoms with Crippen molar-refractivity contribution in [3.05, 3.63) is 58.7 Å². The van der Waals surface area contributed by atoms with Crippen LogP contribution in [0.25, 0.3) is 0 Å². The van der Waals surface area contributed by atoms with Crippen LogP contribution < -0.4 is 0 Å². The maximum absolute atomic E-state index is 4.84. The van der Waals surface area contributed by atoms with Crippen LogP contribution in [-0.4, -0.2) is 12.4 Å². The molecule has 0 heterocycles. The fourth-order valence-corrected chi connectivity index (χ4v) is 3.54. The summed E-state index contributed by atoms with van der Waals surface area (Å²) in [4.78, 5) is 9.68. The highest BCUT2D eigenvalue weighted by molar-refractivity contribution is 6.17. The van der Waals surface area contributed by atoms with Crippen molar-refractivity contribution in [2.75, 3.05) is 0 Å². The minimum Gasteiger partial charge on any atom is -0.255 e. The van der Waals surface area contributed by atoms with Crippen LogP contribution >= 0.6 is 0 Å². The third-order valence-corrected chi connectivity index (χ3v) is 5.16. The molecule has 2 heteroatoms. The van der Waals surface area contributed by atoms with Gasteiger partial charge in [0.2, 0.25) is 0 Å². The van der Waals surface area contributed by atoms with Gasteiger partial charge in [0, 0.05) is 12.4 Å². The predicted octanol–water partition coefficient (Wildman–Crippen LogP) is 8.29. The standard InChI is InChI=1S/C26H36N2/c1-17(2)21-11-9-12-22(18(3)4)25(21)27-15-16-28-26-23(19(5)6)13-10-14-24(26)20(7)8/h9-20H,1-8H3. The van der Waals surface area contributed by atoms with E-state index in [0.717, 1.165) is 11.4 Å². The number of rotatable bonds is 7. The molecule has 0 N–H and O–H groups in total. The molecule has 2 nitrogen and oxygen atoms in total. The van der Waals surface area contributed by atoms with Gasteiger partial charge in [-0.3, -0.25) is 9.98 Å². The van der Waals surface area contributed by atoms with E-state index in [9.17, 15) is 0 Å². The van der Waals surface area contributed by atoms with Crippen molar-refractivity contribution in [3.63, 3.8) is 0 Å². The van der Waals surface area contributed by atoms with E-state index in [0.29, 0.717) is 23.7 Å². The number of aliphatic imine (C=N–C) groups is 2. The highest BCUT2D eigenvalue weighted by Gasteiger charge is 2.13. The van der Waals surface area contributed by atoms with Crippen molar-refractivity contribution >= 4 is 23.8 Å².